The molecule has 0 aromatic rings. The predicted molar refractivity (Wildman–Crippen MR) is 44.3 cm³/mol. The van der Waals surface area contributed by atoms with Crippen LogP contribution in [-0.2, 0) is 0 Å². The third kappa shape index (κ3) is 4.67. The van der Waals surface area contributed by atoms with E-state index in [2.05, 4.69) is 49.5 Å². The molecule has 0 aliphatic heterocycles. The highest BCUT2D eigenvalue weighted by Gasteiger charge is 1.93. The Morgan fingerprint density at radius 1 is 1.62 bits per heavy atom. The van der Waals surface area contributed by atoms with Crippen molar-refractivity contribution in [2.45, 2.75) is 24.6 Å². The summed E-state index contributed by atoms with van der Waals surface area (Å²) in [7, 11) is 0. The Bertz CT molecular complexity index is 98.8. The highest BCUT2D eigenvalue weighted by molar-refractivity contribution is 9.12. The Balaban J connectivity index is 3.27. The molecule has 0 fully saturated rings. The van der Waals surface area contributed by atoms with Crippen LogP contribution in [0.3, 0.4) is 0 Å². The first kappa shape index (κ1) is 8.52. The van der Waals surface area contributed by atoms with E-state index in [9.17, 15) is 0 Å². The smallest absolute Gasteiger partial charge is 0.0758 e. The minimum Gasteiger partial charge on any atom is -0.0758 e. The Hall–Kier alpha value is 0.520. The second kappa shape index (κ2) is 5.65. The molecular formula is C6H8Br2. The van der Waals surface area contributed by atoms with Crippen molar-refractivity contribution < 1.29 is 0 Å². The number of hydrogen-bond acceptors (Lipinski definition) is 0. The molecule has 8 heavy (non-hydrogen) atoms. The molecule has 46 valence electrons. The largest absolute Gasteiger partial charge is 0.0763 e. The van der Waals surface area contributed by atoms with Gasteiger partial charge in [0, 0.05) is 15.9 Å². The minimum absolute atomic E-state index is 0.367. The molecule has 0 spiro atoms. The van der Waals surface area contributed by atoms with Gasteiger partial charge in [0.05, 0.1) is 4.83 Å². The first-order chi connectivity index (χ1) is 3.81. The number of rotatable bonds is 2. The van der Waals surface area contributed by atoms with Gasteiger partial charge in [-0.2, -0.15) is 0 Å². The van der Waals surface area contributed by atoms with Gasteiger partial charge in [-0.15, -0.1) is 0 Å². The molecule has 0 aromatic carbocycles. The van der Waals surface area contributed by atoms with Gasteiger partial charge in [-0.25, -0.2) is 0 Å². The summed E-state index contributed by atoms with van der Waals surface area (Å²) in [5.74, 6) is 2.93. The molecule has 0 radical (unpaired) electrons. The van der Waals surface area contributed by atoms with Gasteiger partial charge in [-0.05, 0) is 11.3 Å². The maximum Gasteiger partial charge on any atom is 0.0763 e. The van der Waals surface area contributed by atoms with Crippen molar-refractivity contribution in [2.24, 2.45) is 0 Å². The molecule has 0 aliphatic rings. The van der Waals surface area contributed by atoms with E-state index in [-0.39, 0.29) is 0 Å². The summed E-state index contributed by atoms with van der Waals surface area (Å²) in [6.45, 7) is 2.14. The molecule has 0 N–H and O–H groups in total. The van der Waals surface area contributed by atoms with Gasteiger partial charge in [0.15, 0.2) is 0 Å². The van der Waals surface area contributed by atoms with Crippen LogP contribution in [0, 0.1) is 10.8 Å². The molecule has 0 aromatic heterocycles. The van der Waals surface area contributed by atoms with Gasteiger partial charge >= 0.3 is 0 Å². The summed E-state index contributed by atoms with van der Waals surface area (Å²) in [6.07, 6.45) is 2.30. The van der Waals surface area contributed by atoms with E-state index in [1.54, 1.807) is 0 Å². The van der Waals surface area contributed by atoms with E-state index in [0.29, 0.717) is 4.83 Å². The molecule has 0 aliphatic carbocycles. The molecular weight excluding hydrogens is 232 g/mol. The monoisotopic (exact) mass is 238 g/mol. The number of halogens is 2. The summed E-state index contributed by atoms with van der Waals surface area (Å²) in [5.41, 5.74) is 0. The van der Waals surface area contributed by atoms with Crippen LogP contribution in [-0.4, -0.2) is 4.83 Å². The van der Waals surface area contributed by atoms with Crippen molar-refractivity contribution in [3.05, 3.63) is 0 Å². The number of hydrogen-bond donors (Lipinski definition) is 0. The second-order valence-corrected chi connectivity index (χ2v) is 3.00. The average molecular weight is 240 g/mol. The Kier molecular flexibility index (Phi) is 6.02. The van der Waals surface area contributed by atoms with Gasteiger partial charge in [-0.1, -0.05) is 35.2 Å². The van der Waals surface area contributed by atoms with Crippen LogP contribution in [0.25, 0.3) is 0 Å². The van der Waals surface area contributed by atoms with E-state index in [1.807, 2.05) is 0 Å². The zero-order chi connectivity index (χ0) is 6.41. The van der Waals surface area contributed by atoms with E-state index >= 15 is 0 Å². The predicted octanol–water partition coefficient (Wildman–Crippen LogP) is 2.91. The Morgan fingerprint density at radius 3 is 2.62 bits per heavy atom. The molecule has 0 rings (SSSR count). The third-order valence-corrected chi connectivity index (χ3v) is 1.67. The van der Waals surface area contributed by atoms with Crippen molar-refractivity contribution in [1.82, 2.24) is 0 Å². The minimum atomic E-state index is 0.367. The standard InChI is InChI=1S/C6H8Br2/c1-2-3-6(8)4-5-7/h6H,2-3H2,1H3. The van der Waals surface area contributed by atoms with Crippen LogP contribution in [0.4, 0.5) is 0 Å². The highest BCUT2D eigenvalue weighted by Crippen LogP contribution is 2.05. The van der Waals surface area contributed by atoms with Crippen molar-refractivity contribution in [1.29, 1.82) is 0 Å². The topological polar surface area (TPSA) is 0 Å². The molecule has 0 nitrogen and oxygen atoms in total. The van der Waals surface area contributed by atoms with Crippen molar-refractivity contribution in [3.63, 3.8) is 0 Å². The van der Waals surface area contributed by atoms with Crippen LogP contribution in [0.15, 0.2) is 0 Å². The fraction of sp³-hybridized carbons (Fsp3) is 0.667. The van der Waals surface area contributed by atoms with E-state index in [1.165, 1.54) is 6.42 Å². The zero-order valence-corrected chi connectivity index (χ0v) is 7.92. The van der Waals surface area contributed by atoms with Crippen LogP contribution >= 0.6 is 31.9 Å². The fourth-order valence-electron chi connectivity index (χ4n) is 0.385. The van der Waals surface area contributed by atoms with Gasteiger partial charge in [-0.3, -0.25) is 0 Å². The normalized spacial score (nSPS) is 11.9. The van der Waals surface area contributed by atoms with Gasteiger partial charge in [0.2, 0.25) is 0 Å². The van der Waals surface area contributed by atoms with E-state index in [4.69, 9.17) is 0 Å². The summed E-state index contributed by atoms with van der Waals surface area (Å²) in [4.78, 5) is 3.04. The van der Waals surface area contributed by atoms with Gasteiger partial charge < -0.3 is 0 Å². The lowest BCUT2D eigenvalue weighted by Crippen LogP contribution is -1.89. The van der Waals surface area contributed by atoms with Crippen molar-refractivity contribution in [2.75, 3.05) is 0 Å². The molecule has 0 amide bonds. The van der Waals surface area contributed by atoms with Gasteiger partial charge in [0.1, 0.15) is 0 Å². The van der Waals surface area contributed by atoms with E-state index < -0.39 is 0 Å². The molecule has 0 saturated carbocycles. The van der Waals surface area contributed by atoms with Crippen LogP contribution in [0.1, 0.15) is 19.8 Å². The molecule has 0 bridgehead atoms. The molecule has 1 unspecified atom stereocenters. The molecule has 0 heterocycles. The summed E-state index contributed by atoms with van der Waals surface area (Å²) < 4.78 is 0. The number of alkyl halides is 1. The SMILES string of the molecule is CCCC(Br)C#CBr. The average Bonchev–Trinajstić information content (AvgIpc) is 1.68. The summed E-state index contributed by atoms with van der Waals surface area (Å²) in [5, 5.41) is 0. The molecule has 2 heteroatoms. The van der Waals surface area contributed by atoms with Gasteiger partial charge in [0.25, 0.3) is 0 Å². The lowest BCUT2D eigenvalue weighted by molar-refractivity contribution is 0.848. The molecule has 0 saturated heterocycles. The maximum atomic E-state index is 3.39. The second-order valence-electron chi connectivity index (χ2n) is 1.50. The quantitative estimate of drug-likeness (QED) is 0.514. The van der Waals surface area contributed by atoms with Crippen molar-refractivity contribution >= 4 is 31.9 Å². The molecule has 1 atom stereocenters. The summed E-state index contributed by atoms with van der Waals surface area (Å²) >= 11 is 6.42. The Morgan fingerprint density at radius 2 is 2.25 bits per heavy atom. The highest BCUT2D eigenvalue weighted by atomic mass is 79.9. The third-order valence-electron chi connectivity index (χ3n) is 0.753. The maximum absolute atomic E-state index is 3.39. The van der Waals surface area contributed by atoms with Crippen LogP contribution in [0.2, 0.25) is 0 Å². The lowest BCUT2D eigenvalue weighted by Gasteiger charge is -1.94. The fourth-order valence-corrected chi connectivity index (χ4v) is 1.54. The first-order valence-corrected chi connectivity index (χ1v) is 4.27. The first-order valence-electron chi connectivity index (χ1n) is 2.56. The Labute approximate surface area is 67.3 Å². The van der Waals surface area contributed by atoms with Crippen molar-refractivity contribution in [3.8, 4) is 10.8 Å². The summed E-state index contributed by atoms with van der Waals surface area (Å²) in [6, 6.07) is 0. The van der Waals surface area contributed by atoms with Crippen LogP contribution < -0.4 is 0 Å². The lowest BCUT2D eigenvalue weighted by atomic mass is 10.3. The van der Waals surface area contributed by atoms with Crippen LogP contribution in [0.5, 0.6) is 0 Å². The van der Waals surface area contributed by atoms with E-state index in [0.717, 1.165) is 6.42 Å². The zero-order valence-electron chi connectivity index (χ0n) is 4.75.